The number of thioether (sulfide) groups is 1. The van der Waals surface area contributed by atoms with Gasteiger partial charge in [-0.1, -0.05) is 20.8 Å². The number of alkyl halides is 1. The summed E-state index contributed by atoms with van der Waals surface area (Å²) in [5, 5.41) is 15.3. The standard InChI is InChI=1S/C17H28FN5O3SSi/c1-17(2,3)28(5,6)26-12-9(7-24)25-16(11(12)18)23-14-10(15(22-23)27-4)13(19)20-8-21-14/h8-9,11-12,16,24H,7H2,1-6H3,(H2,19,20,21)/t9-,11-,12+,16+/m0/s1. The minimum atomic E-state index is -2.28. The maximum atomic E-state index is 15.6. The van der Waals surface area contributed by atoms with E-state index in [-0.39, 0.29) is 17.5 Å². The number of fused-ring (bicyclic) bond motifs is 1. The van der Waals surface area contributed by atoms with Crippen LogP contribution in [0.4, 0.5) is 10.2 Å². The molecular weight excluding hydrogens is 401 g/mol. The Morgan fingerprint density at radius 2 is 2.07 bits per heavy atom. The highest BCUT2D eigenvalue weighted by Gasteiger charge is 2.51. The first kappa shape index (κ1) is 21.4. The van der Waals surface area contributed by atoms with Crippen LogP contribution >= 0.6 is 11.8 Å². The molecule has 0 unspecified atom stereocenters. The molecule has 3 rings (SSSR count). The number of rotatable bonds is 5. The van der Waals surface area contributed by atoms with Gasteiger partial charge in [0.1, 0.15) is 29.4 Å². The molecule has 0 aliphatic carbocycles. The van der Waals surface area contributed by atoms with E-state index in [1.165, 1.54) is 22.8 Å². The van der Waals surface area contributed by atoms with Crippen LogP contribution in [0.3, 0.4) is 0 Å². The number of nitrogens with two attached hydrogens (primary N) is 1. The number of anilines is 1. The van der Waals surface area contributed by atoms with Gasteiger partial charge < -0.3 is 20.0 Å². The Labute approximate surface area is 169 Å². The van der Waals surface area contributed by atoms with E-state index in [4.69, 9.17) is 14.9 Å². The fraction of sp³-hybridized carbons (Fsp3) is 0.706. The second kappa shape index (κ2) is 7.52. The quantitative estimate of drug-likeness (QED) is 0.552. The van der Waals surface area contributed by atoms with Crippen molar-refractivity contribution in [2.45, 2.75) is 68.5 Å². The Bertz CT molecular complexity index is 859. The van der Waals surface area contributed by atoms with Gasteiger partial charge in [-0.2, -0.15) is 5.10 Å². The van der Waals surface area contributed by atoms with E-state index in [0.717, 1.165) is 0 Å². The van der Waals surface area contributed by atoms with Gasteiger partial charge in [0.2, 0.25) is 0 Å². The lowest BCUT2D eigenvalue weighted by atomic mass is 10.1. The molecule has 0 saturated carbocycles. The summed E-state index contributed by atoms with van der Waals surface area (Å²) >= 11 is 1.37. The lowest BCUT2D eigenvalue weighted by Gasteiger charge is -2.39. The fourth-order valence-electron chi connectivity index (χ4n) is 2.98. The Balaban J connectivity index is 1.99. The monoisotopic (exact) mass is 429 g/mol. The Morgan fingerprint density at radius 1 is 1.39 bits per heavy atom. The molecule has 3 heterocycles. The highest BCUT2D eigenvalue weighted by atomic mass is 32.2. The van der Waals surface area contributed by atoms with Crippen LogP contribution in [-0.4, -0.2) is 64.4 Å². The van der Waals surface area contributed by atoms with Crippen molar-refractivity contribution in [3.63, 3.8) is 0 Å². The van der Waals surface area contributed by atoms with Gasteiger partial charge in [-0.3, -0.25) is 0 Å². The molecule has 0 aromatic carbocycles. The summed E-state index contributed by atoms with van der Waals surface area (Å²) in [6.07, 6.45) is -1.09. The highest BCUT2D eigenvalue weighted by Crippen LogP contribution is 2.43. The summed E-state index contributed by atoms with van der Waals surface area (Å²) in [7, 11) is -2.28. The molecule has 28 heavy (non-hydrogen) atoms. The molecule has 1 saturated heterocycles. The van der Waals surface area contributed by atoms with Gasteiger partial charge in [0.25, 0.3) is 0 Å². The molecule has 1 aliphatic rings. The zero-order valence-corrected chi connectivity index (χ0v) is 18.8. The van der Waals surface area contributed by atoms with Gasteiger partial charge in [-0.05, 0) is 24.4 Å². The molecule has 4 atom stereocenters. The van der Waals surface area contributed by atoms with Crippen molar-refractivity contribution in [3.8, 4) is 0 Å². The SMILES string of the molecule is CSc1nn([C@@H]2O[C@@H](CO)[C@@H](O[Si](C)(C)C(C)(C)C)[C@@H]2F)c2ncnc(N)c12. The largest absolute Gasteiger partial charge is 0.408 e. The fourth-order valence-corrected chi connectivity index (χ4v) is 4.87. The van der Waals surface area contributed by atoms with Crippen LogP contribution in [0.5, 0.6) is 0 Å². The van der Waals surface area contributed by atoms with Crippen LogP contribution in [0.25, 0.3) is 11.0 Å². The number of halogens is 1. The van der Waals surface area contributed by atoms with E-state index in [1.807, 2.05) is 19.3 Å². The first-order valence-corrected chi connectivity index (χ1v) is 13.3. The second-order valence-corrected chi connectivity index (χ2v) is 14.0. The molecule has 3 N–H and O–H groups in total. The molecule has 1 fully saturated rings. The zero-order chi connectivity index (χ0) is 20.9. The Morgan fingerprint density at radius 3 is 2.64 bits per heavy atom. The van der Waals surface area contributed by atoms with Crippen molar-refractivity contribution in [3.05, 3.63) is 6.33 Å². The van der Waals surface area contributed by atoms with E-state index < -0.39 is 32.9 Å². The molecule has 0 bridgehead atoms. The molecule has 1 aliphatic heterocycles. The van der Waals surface area contributed by atoms with Crippen molar-refractivity contribution in [2.75, 3.05) is 18.6 Å². The average Bonchev–Trinajstić information content (AvgIpc) is 3.13. The Hall–Kier alpha value is -1.27. The summed E-state index contributed by atoms with van der Waals surface area (Å²) in [5.74, 6) is 0.279. The summed E-state index contributed by atoms with van der Waals surface area (Å²) in [6, 6.07) is 0. The predicted molar refractivity (Wildman–Crippen MR) is 109 cm³/mol. The van der Waals surface area contributed by atoms with Crippen LogP contribution < -0.4 is 5.73 Å². The molecule has 0 amide bonds. The van der Waals surface area contributed by atoms with Crippen LogP contribution in [0.2, 0.25) is 18.1 Å². The maximum absolute atomic E-state index is 15.6. The molecular formula is C17H28FN5O3SSi. The summed E-state index contributed by atoms with van der Waals surface area (Å²) in [5.41, 5.74) is 6.38. The molecule has 11 heteroatoms. The van der Waals surface area contributed by atoms with Crippen LogP contribution in [0.1, 0.15) is 27.0 Å². The predicted octanol–water partition coefficient (Wildman–Crippen LogP) is 2.75. The Kier molecular flexibility index (Phi) is 5.76. The minimum Gasteiger partial charge on any atom is -0.408 e. The summed E-state index contributed by atoms with van der Waals surface area (Å²) in [4.78, 5) is 8.24. The second-order valence-electron chi connectivity index (χ2n) is 8.45. The normalized spacial score (nSPS) is 26.3. The molecule has 0 radical (unpaired) electrons. The van der Waals surface area contributed by atoms with Crippen LogP contribution in [-0.2, 0) is 9.16 Å². The smallest absolute Gasteiger partial charge is 0.192 e. The van der Waals surface area contributed by atoms with Crippen molar-refractivity contribution in [1.29, 1.82) is 0 Å². The number of nitrogen functional groups attached to an aromatic ring is 1. The zero-order valence-electron chi connectivity index (χ0n) is 17.0. The van der Waals surface area contributed by atoms with Crippen molar-refractivity contribution in [2.24, 2.45) is 0 Å². The van der Waals surface area contributed by atoms with Gasteiger partial charge in [0, 0.05) is 0 Å². The number of ether oxygens (including phenoxy) is 1. The van der Waals surface area contributed by atoms with Crippen LogP contribution in [0, 0.1) is 0 Å². The van der Waals surface area contributed by atoms with Crippen molar-refractivity contribution in [1.82, 2.24) is 19.7 Å². The number of nitrogens with zero attached hydrogens (tertiary/aromatic N) is 4. The van der Waals surface area contributed by atoms with Gasteiger partial charge in [-0.25, -0.2) is 19.0 Å². The first-order chi connectivity index (χ1) is 13.0. The highest BCUT2D eigenvalue weighted by molar-refractivity contribution is 7.98. The molecule has 2 aromatic heterocycles. The van der Waals surface area contributed by atoms with Crippen molar-refractivity contribution < 1.29 is 18.7 Å². The number of aromatic nitrogens is 4. The molecule has 0 spiro atoms. The van der Waals surface area contributed by atoms with E-state index in [1.54, 1.807) is 0 Å². The number of aliphatic hydroxyl groups excluding tert-OH is 1. The van der Waals surface area contributed by atoms with E-state index in [2.05, 4.69) is 35.8 Å². The third-order valence-electron chi connectivity index (χ3n) is 5.60. The topological polar surface area (TPSA) is 108 Å². The van der Waals surface area contributed by atoms with Crippen molar-refractivity contribution >= 4 is 36.9 Å². The first-order valence-electron chi connectivity index (χ1n) is 9.12. The molecule has 2 aromatic rings. The van der Waals surface area contributed by atoms with E-state index in [9.17, 15) is 5.11 Å². The number of aliphatic hydroxyl groups is 1. The number of hydrogen-bond acceptors (Lipinski definition) is 8. The minimum absolute atomic E-state index is 0.100. The van der Waals surface area contributed by atoms with E-state index in [0.29, 0.717) is 16.1 Å². The van der Waals surface area contributed by atoms with Gasteiger partial charge in [-0.15, -0.1) is 11.8 Å². The summed E-state index contributed by atoms with van der Waals surface area (Å²) < 4.78 is 29.1. The lowest BCUT2D eigenvalue weighted by molar-refractivity contribution is -0.0497. The number of hydrogen-bond donors (Lipinski definition) is 2. The van der Waals surface area contributed by atoms with Gasteiger partial charge in [0.15, 0.2) is 26.4 Å². The molecule has 156 valence electrons. The third kappa shape index (κ3) is 3.54. The van der Waals surface area contributed by atoms with Crippen LogP contribution in [0.15, 0.2) is 11.4 Å². The lowest BCUT2D eigenvalue weighted by Crippen LogP contribution is -2.49. The van der Waals surface area contributed by atoms with Gasteiger partial charge >= 0.3 is 0 Å². The van der Waals surface area contributed by atoms with E-state index >= 15 is 4.39 Å². The molecule has 8 nitrogen and oxygen atoms in total. The maximum Gasteiger partial charge on any atom is 0.192 e. The van der Waals surface area contributed by atoms with Gasteiger partial charge in [0.05, 0.1) is 12.0 Å². The summed E-state index contributed by atoms with van der Waals surface area (Å²) in [6.45, 7) is 9.99. The average molecular weight is 430 g/mol. The third-order valence-corrected chi connectivity index (χ3v) is 10.8.